The third kappa shape index (κ3) is 5.44. The van der Waals surface area contributed by atoms with E-state index in [1.165, 1.54) is 37.1 Å². The van der Waals surface area contributed by atoms with Crippen LogP contribution in [-0.4, -0.2) is 47.7 Å². The zero-order chi connectivity index (χ0) is 17.5. The molecule has 0 unspecified atom stereocenters. The molecule has 5 nitrogen and oxygen atoms in total. The average Bonchev–Trinajstić information content (AvgIpc) is 3.10. The maximum absolute atomic E-state index is 10.2. The van der Waals surface area contributed by atoms with E-state index in [4.69, 9.17) is 0 Å². The Morgan fingerprint density at radius 1 is 1.08 bits per heavy atom. The highest BCUT2D eigenvalue weighted by Gasteiger charge is 2.34. The van der Waals surface area contributed by atoms with Gasteiger partial charge in [-0.2, -0.15) is 0 Å². The number of rotatable bonds is 7. The van der Waals surface area contributed by atoms with Gasteiger partial charge in [0.2, 0.25) is 0 Å². The fraction of sp³-hybridized carbons (Fsp3) is 0.650. The summed E-state index contributed by atoms with van der Waals surface area (Å²) in [6.07, 6.45) is 5.57. The smallest absolute Gasteiger partial charge is 0.191 e. The van der Waals surface area contributed by atoms with Gasteiger partial charge in [0, 0.05) is 19.6 Å². The molecule has 3 N–H and O–H groups in total. The van der Waals surface area contributed by atoms with Crippen molar-refractivity contribution in [2.75, 3.05) is 26.2 Å². The summed E-state index contributed by atoms with van der Waals surface area (Å²) < 4.78 is 0. The third-order valence-corrected chi connectivity index (χ3v) is 5.26. The normalized spacial score (nSPS) is 20.3. The van der Waals surface area contributed by atoms with Gasteiger partial charge in [-0.25, -0.2) is 4.99 Å². The van der Waals surface area contributed by atoms with Crippen LogP contribution in [0.5, 0.6) is 0 Å². The first-order valence-corrected chi connectivity index (χ1v) is 9.72. The minimum absolute atomic E-state index is 0.534. The summed E-state index contributed by atoms with van der Waals surface area (Å²) in [5, 5.41) is 16.7. The number of hydrogen-bond acceptors (Lipinski definition) is 3. The van der Waals surface area contributed by atoms with Crippen molar-refractivity contribution in [3.8, 4) is 0 Å². The Morgan fingerprint density at radius 3 is 2.36 bits per heavy atom. The van der Waals surface area contributed by atoms with Crippen molar-refractivity contribution in [3.63, 3.8) is 0 Å². The molecule has 2 fully saturated rings. The lowest BCUT2D eigenvalue weighted by atomic mass is 9.80. The molecule has 1 heterocycles. The van der Waals surface area contributed by atoms with Crippen molar-refractivity contribution in [2.45, 2.75) is 57.7 Å². The summed E-state index contributed by atoms with van der Waals surface area (Å²) in [4.78, 5) is 7.17. The molecule has 0 bridgehead atoms. The van der Waals surface area contributed by atoms with E-state index in [9.17, 15) is 5.11 Å². The zero-order valence-corrected chi connectivity index (χ0v) is 15.4. The monoisotopic (exact) mass is 344 g/mol. The first-order valence-electron chi connectivity index (χ1n) is 9.72. The van der Waals surface area contributed by atoms with Crippen LogP contribution >= 0.6 is 0 Å². The van der Waals surface area contributed by atoms with Gasteiger partial charge in [0.25, 0.3) is 0 Å². The van der Waals surface area contributed by atoms with Gasteiger partial charge in [-0.1, -0.05) is 24.3 Å². The van der Waals surface area contributed by atoms with Gasteiger partial charge in [0.05, 0.1) is 12.1 Å². The standard InChI is InChI=1S/C20H32N4O/c1-2-21-19(23-16-20(25)10-5-11-20)22-14-17-6-8-18(9-7-17)15-24-12-3-4-13-24/h6-9,25H,2-5,10-16H2,1H3,(H2,21,22,23). The Hall–Kier alpha value is -1.59. The predicted molar refractivity (Wildman–Crippen MR) is 103 cm³/mol. The largest absolute Gasteiger partial charge is 0.388 e. The molecule has 1 aromatic rings. The maximum Gasteiger partial charge on any atom is 0.191 e. The summed E-state index contributed by atoms with van der Waals surface area (Å²) in [6.45, 7) is 7.63. The molecule has 2 aliphatic rings. The van der Waals surface area contributed by atoms with Crippen LogP contribution in [0.25, 0.3) is 0 Å². The van der Waals surface area contributed by atoms with Crippen molar-refractivity contribution < 1.29 is 5.11 Å². The minimum Gasteiger partial charge on any atom is -0.388 e. The first kappa shape index (κ1) is 18.2. The van der Waals surface area contributed by atoms with E-state index in [1.54, 1.807) is 0 Å². The number of likely N-dealkylation sites (tertiary alicyclic amines) is 1. The Morgan fingerprint density at radius 2 is 1.76 bits per heavy atom. The highest BCUT2D eigenvalue weighted by Crippen LogP contribution is 2.30. The number of aliphatic imine (C=N–C) groups is 1. The van der Waals surface area contributed by atoms with E-state index in [0.29, 0.717) is 13.1 Å². The van der Waals surface area contributed by atoms with Gasteiger partial charge in [-0.05, 0) is 63.2 Å². The number of nitrogens with one attached hydrogen (secondary N) is 2. The summed E-state index contributed by atoms with van der Waals surface area (Å²) >= 11 is 0. The molecule has 1 aromatic carbocycles. The van der Waals surface area contributed by atoms with Crippen LogP contribution in [0.3, 0.4) is 0 Å². The van der Waals surface area contributed by atoms with Gasteiger partial charge in [-0.15, -0.1) is 0 Å². The molecule has 0 radical (unpaired) electrons. The molecule has 0 aromatic heterocycles. The maximum atomic E-state index is 10.2. The second kappa shape index (κ2) is 8.68. The minimum atomic E-state index is -0.534. The van der Waals surface area contributed by atoms with Crippen LogP contribution in [0.1, 0.15) is 50.2 Å². The second-order valence-electron chi connectivity index (χ2n) is 7.43. The molecule has 0 atom stereocenters. The topological polar surface area (TPSA) is 59.9 Å². The number of guanidine groups is 1. The fourth-order valence-electron chi connectivity index (χ4n) is 3.47. The third-order valence-electron chi connectivity index (χ3n) is 5.26. The van der Waals surface area contributed by atoms with Crippen molar-refractivity contribution in [3.05, 3.63) is 35.4 Å². The van der Waals surface area contributed by atoms with Crippen LogP contribution in [0, 0.1) is 0 Å². The molecule has 1 aliphatic heterocycles. The van der Waals surface area contributed by atoms with Gasteiger partial charge in [-0.3, -0.25) is 4.90 Å². The van der Waals surface area contributed by atoms with E-state index in [-0.39, 0.29) is 0 Å². The molecule has 1 saturated heterocycles. The molecule has 0 amide bonds. The van der Waals surface area contributed by atoms with Gasteiger partial charge < -0.3 is 15.7 Å². The fourth-order valence-corrected chi connectivity index (χ4v) is 3.47. The highest BCUT2D eigenvalue weighted by molar-refractivity contribution is 5.79. The molecule has 0 spiro atoms. The van der Waals surface area contributed by atoms with Crippen molar-refractivity contribution >= 4 is 5.96 Å². The van der Waals surface area contributed by atoms with E-state index in [0.717, 1.165) is 38.3 Å². The number of hydrogen-bond donors (Lipinski definition) is 3. The SMILES string of the molecule is CCNC(=NCc1ccc(CN2CCCC2)cc1)NCC1(O)CCC1. The predicted octanol–water partition coefficient (Wildman–Crippen LogP) is 2.25. The van der Waals surface area contributed by atoms with E-state index >= 15 is 0 Å². The van der Waals surface area contributed by atoms with Crippen LogP contribution in [0.2, 0.25) is 0 Å². The quantitative estimate of drug-likeness (QED) is 0.524. The van der Waals surface area contributed by atoms with Crippen LogP contribution in [0.15, 0.2) is 29.3 Å². The summed E-state index contributed by atoms with van der Waals surface area (Å²) in [5.74, 6) is 0.781. The van der Waals surface area contributed by atoms with Crippen LogP contribution in [-0.2, 0) is 13.1 Å². The molecule has 5 heteroatoms. The van der Waals surface area contributed by atoms with Gasteiger partial charge in [0.15, 0.2) is 5.96 Å². The Labute approximate surface area is 151 Å². The molecule has 25 heavy (non-hydrogen) atoms. The molecule has 3 rings (SSSR count). The average molecular weight is 345 g/mol. The summed E-state index contributed by atoms with van der Waals surface area (Å²) in [5.41, 5.74) is 2.06. The Bertz CT molecular complexity index is 560. The summed E-state index contributed by atoms with van der Waals surface area (Å²) in [7, 11) is 0. The van der Waals surface area contributed by atoms with Crippen molar-refractivity contribution in [1.29, 1.82) is 0 Å². The van der Waals surface area contributed by atoms with Gasteiger partial charge in [0.1, 0.15) is 0 Å². The van der Waals surface area contributed by atoms with Crippen molar-refractivity contribution in [1.82, 2.24) is 15.5 Å². The lowest BCUT2D eigenvalue weighted by Gasteiger charge is -2.37. The molecule has 1 aliphatic carbocycles. The van der Waals surface area contributed by atoms with Crippen LogP contribution < -0.4 is 10.6 Å². The number of aliphatic hydroxyl groups is 1. The molecular weight excluding hydrogens is 312 g/mol. The first-order chi connectivity index (χ1) is 12.2. The second-order valence-corrected chi connectivity index (χ2v) is 7.43. The van der Waals surface area contributed by atoms with E-state index in [2.05, 4.69) is 51.7 Å². The Balaban J connectivity index is 1.50. The molecule has 1 saturated carbocycles. The van der Waals surface area contributed by atoms with E-state index < -0.39 is 5.60 Å². The van der Waals surface area contributed by atoms with Gasteiger partial charge >= 0.3 is 0 Å². The highest BCUT2D eigenvalue weighted by atomic mass is 16.3. The van der Waals surface area contributed by atoms with E-state index in [1.807, 2.05) is 0 Å². The Kier molecular flexibility index (Phi) is 6.32. The summed E-state index contributed by atoms with van der Waals surface area (Å²) in [6, 6.07) is 8.80. The lowest BCUT2D eigenvalue weighted by molar-refractivity contribution is -0.0279. The molecular formula is C20H32N4O. The zero-order valence-electron chi connectivity index (χ0n) is 15.4. The van der Waals surface area contributed by atoms with Crippen LogP contribution in [0.4, 0.5) is 0 Å². The lowest BCUT2D eigenvalue weighted by Crippen LogP contribution is -2.50. The van der Waals surface area contributed by atoms with Crippen molar-refractivity contribution in [2.24, 2.45) is 4.99 Å². The number of nitrogens with zero attached hydrogens (tertiary/aromatic N) is 2. The number of benzene rings is 1. The molecule has 138 valence electrons.